The normalized spacial score (nSPS) is 11.1. The lowest BCUT2D eigenvalue weighted by molar-refractivity contribution is 0.0999. The predicted octanol–water partition coefficient (Wildman–Crippen LogP) is 2.32. The molecule has 104 valence electrons. The van der Waals surface area contributed by atoms with Crippen LogP contribution in [0, 0.1) is 0 Å². The number of carbonyl (C=O) groups excluding carboxylic acids is 1. The first kappa shape index (κ1) is 14.5. The highest BCUT2D eigenvalue weighted by Gasteiger charge is 2.22. The number of rotatable bonds is 4. The summed E-state index contributed by atoms with van der Waals surface area (Å²) in [5, 5.41) is 0. The lowest BCUT2D eigenvalue weighted by Gasteiger charge is -2.10. The van der Waals surface area contributed by atoms with Gasteiger partial charge >= 0.3 is 10.1 Å². The molecule has 0 saturated carbocycles. The summed E-state index contributed by atoms with van der Waals surface area (Å²) in [4.78, 5) is 11.2. The van der Waals surface area contributed by atoms with Crippen molar-refractivity contribution in [2.75, 3.05) is 0 Å². The van der Waals surface area contributed by atoms with E-state index in [0.29, 0.717) is 4.47 Å². The lowest BCUT2D eigenvalue weighted by Crippen LogP contribution is -2.16. The molecule has 2 aromatic rings. The quantitative estimate of drug-likeness (QED) is 0.852. The topological polar surface area (TPSA) is 86.5 Å². The van der Waals surface area contributed by atoms with Crippen LogP contribution in [0.15, 0.2) is 57.9 Å². The van der Waals surface area contributed by atoms with E-state index in [-0.39, 0.29) is 16.2 Å². The van der Waals surface area contributed by atoms with Gasteiger partial charge in [-0.25, -0.2) is 0 Å². The van der Waals surface area contributed by atoms with Crippen LogP contribution in [0.25, 0.3) is 0 Å². The van der Waals surface area contributed by atoms with Gasteiger partial charge in [0.1, 0.15) is 4.90 Å². The van der Waals surface area contributed by atoms with E-state index in [1.165, 1.54) is 18.2 Å². The van der Waals surface area contributed by atoms with Gasteiger partial charge in [0, 0.05) is 4.47 Å². The first-order chi connectivity index (χ1) is 9.42. The molecule has 2 aromatic carbocycles. The molecule has 0 heterocycles. The molecule has 0 unspecified atom stereocenters. The zero-order chi connectivity index (χ0) is 14.8. The number of halogens is 1. The summed E-state index contributed by atoms with van der Waals surface area (Å²) in [7, 11) is -4.05. The summed E-state index contributed by atoms with van der Waals surface area (Å²) in [5.74, 6) is -0.862. The van der Waals surface area contributed by atoms with Crippen LogP contribution in [0.3, 0.4) is 0 Å². The molecule has 0 aliphatic rings. The van der Waals surface area contributed by atoms with Gasteiger partial charge in [0.25, 0.3) is 5.91 Å². The lowest BCUT2D eigenvalue weighted by atomic mass is 10.2. The van der Waals surface area contributed by atoms with Crippen molar-refractivity contribution in [1.29, 1.82) is 0 Å². The molecule has 0 aliphatic heterocycles. The van der Waals surface area contributed by atoms with Crippen LogP contribution in [-0.2, 0) is 10.1 Å². The molecule has 0 fully saturated rings. The standard InChI is InChI=1S/C13H10BrNO4S/c14-10-6-2-4-8-12(10)20(17,18)19-11-7-3-1-5-9(11)13(15)16/h1-8H,(H2,15,16). The Morgan fingerprint density at radius 3 is 2.30 bits per heavy atom. The van der Waals surface area contributed by atoms with Crippen LogP contribution < -0.4 is 9.92 Å². The summed E-state index contributed by atoms with van der Waals surface area (Å²) in [6.45, 7) is 0. The highest BCUT2D eigenvalue weighted by Crippen LogP contribution is 2.26. The number of hydrogen-bond donors (Lipinski definition) is 1. The Kier molecular flexibility index (Phi) is 4.10. The highest BCUT2D eigenvalue weighted by molar-refractivity contribution is 9.10. The third-order valence-electron chi connectivity index (χ3n) is 2.46. The van der Waals surface area contributed by atoms with Crippen molar-refractivity contribution >= 4 is 32.0 Å². The van der Waals surface area contributed by atoms with Crippen LogP contribution in [0.1, 0.15) is 10.4 Å². The van der Waals surface area contributed by atoms with Crippen LogP contribution in [0.4, 0.5) is 0 Å². The van der Waals surface area contributed by atoms with E-state index in [1.807, 2.05) is 0 Å². The molecule has 0 saturated heterocycles. The minimum absolute atomic E-state index is 0.00290. The third-order valence-corrected chi connectivity index (χ3v) is 4.71. The smallest absolute Gasteiger partial charge is 0.340 e. The second-order valence-corrected chi connectivity index (χ2v) is 6.20. The number of amides is 1. The second kappa shape index (κ2) is 5.64. The van der Waals surface area contributed by atoms with Crippen LogP contribution in [0.5, 0.6) is 5.75 Å². The van der Waals surface area contributed by atoms with E-state index in [9.17, 15) is 13.2 Å². The van der Waals surface area contributed by atoms with E-state index in [1.54, 1.807) is 30.3 Å². The second-order valence-electron chi connectivity index (χ2n) is 3.83. The van der Waals surface area contributed by atoms with Crippen molar-refractivity contribution < 1.29 is 17.4 Å². The molecule has 2 rings (SSSR count). The largest absolute Gasteiger partial charge is 0.378 e. The molecule has 0 bridgehead atoms. The fourth-order valence-corrected chi connectivity index (χ4v) is 3.46. The van der Waals surface area contributed by atoms with Crippen molar-refractivity contribution in [3.8, 4) is 5.75 Å². The summed E-state index contributed by atoms with van der Waals surface area (Å²) in [6, 6.07) is 12.1. The number of nitrogens with two attached hydrogens (primary N) is 1. The summed E-state index contributed by atoms with van der Waals surface area (Å²) in [6.07, 6.45) is 0. The van der Waals surface area contributed by atoms with Crippen LogP contribution in [-0.4, -0.2) is 14.3 Å². The molecule has 0 atom stereocenters. The Balaban J connectivity index is 2.45. The van der Waals surface area contributed by atoms with Gasteiger partial charge in [-0.15, -0.1) is 0 Å². The Labute approximate surface area is 124 Å². The summed E-state index contributed by atoms with van der Waals surface area (Å²) >= 11 is 3.14. The van der Waals surface area contributed by atoms with E-state index >= 15 is 0 Å². The minimum Gasteiger partial charge on any atom is -0.378 e. The SMILES string of the molecule is NC(=O)c1ccccc1OS(=O)(=O)c1ccccc1Br. The maximum atomic E-state index is 12.2. The van der Waals surface area contributed by atoms with Gasteiger partial charge in [0.2, 0.25) is 0 Å². The van der Waals surface area contributed by atoms with Crippen molar-refractivity contribution in [3.63, 3.8) is 0 Å². The van der Waals surface area contributed by atoms with E-state index in [2.05, 4.69) is 15.9 Å². The Morgan fingerprint density at radius 1 is 1.05 bits per heavy atom. The van der Waals surface area contributed by atoms with Gasteiger partial charge in [-0.05, 0) is 40.2 Å². The maximum Gasteiger partial charge on any atom is 0.340 e. The fourth-order valence-electron chi connectivity index (χ4n) is 1.55. The number of primary amides is 1. The average molecular weight is 356 g/mol. The third kappa shape index (κ3) is 3.00. The molecule has 0 spiro atoms. The van der Waals surface area contributed by atoms with Crippen molar-refractivity contribution in [2.45, 2.75) is 4.90 Å². The number of para-hydroxylation sites is 1. The van der Waals surface area contributed by atoms with Crippen molar-refractivity contribution in [3.05, 3.63) is 58.6 Å². The van der Waals surface area contributed by atoms with Crippen LogP contribution >= 0.6 is 15.9 Å². The van der Waals surface area contributed by atoms with Gasteiger partial charge in [-0.2, -0.15) is 8.42 Å². The summed E-state index contributed by atoms with van der Waals surface area (Å²) < 4.78 is 29.8. The number of hydrogen-bond acceptors (Lipinski definition) is 4. The van der Waals surface area contributed by atoms with Gasteiger partial charge in [0.15, 0.2) is 5.75 Å². The van der Waals surface area contributed by atoms with Gasteiger partial charge in [0.05, 0.1) is 5.56 Å². The van der Waals surface area contributed by atoms with Gasteiger partial charge < -0.3 is 9.92 Å². The fraction of sp³-hybridized carbons (Fsp3) is 0. The number of benzene rings is 2. The van der Waals surface area contributed by atoms with Crippen molar-refractivity contribution in [1.82, 2.24) is 0 Å². The maximum absolute atomic E-state index is 12.2. The highest BCUT2D eigenvalue weighted by atomic mass is 79.9. The van der Waals surface area contributed by atoms with Gasteiger partial charge in [-0.1, -0.05) is 24.3 Å². The molecular formula is C13H10BrNO4S. The van der Waals surface area contributed by atoms with E-state index < -0.39 is 16.0 Å². The monoisotopic (exact) mass is 355 g/mol. The molecule has 20 heavy (non-hydrogen) atoms. The molecule has 7 heteroatoms. The molecule has 0 radical (unpaired) electrons. The zero-order valence-corrected chi connectivity index (χ0v) is 12.5. The first-order valence-corrected chi connectivity index (χ1v) is 7.70. The first-order valence-electron chi connectivity index (χ1n) is 5.49. The molecular weight excluding hydrogens is 346 g/mol. The van der Waals surface area contributed by atoms with Crippen LogP contribution in [0.2, 0.25) is 0 Å². The molecule has 0 aliphatic carbocycles. The van der Waals surface area contributed by atoms with Gasteiger partial charge in [-0.3, -0.25) is 4.79 Å². The number of carbonyl (C=O) groups is 1. The Morgan fingerprint density at radius 2 is 1.65 bits per heavy atom. The molecule has 2 N–H and O–H groups in total. The Bertz CT molecular complexity index is 758. The Hall–Kier alpha value is -1.86. The molecule has 1 amide bonds. The average Bonchev–Trinajstić information content (AvgIpc) is 2.39. The van der Waals surface area contributed by atoms with E-state index in [0.717, 1.165) is 0 Å². The zero-order valence-electron chi connectivity index (χ0n) is 10.1. The van der Waals surface area contributed by atoms with E-state index in [4.69, 9.17) is 9.92 Å². The molecule has 0 aromatic heterocycles. The summed E-state index contributed by atoms with van der Waals surface area (Å²) in [5.41, 5.74) is 5.18. The van der Waals surface area contributed by atoms with Crippen molar-refractivity contribution in [2.24, 2.45) is 5.73 Å². The molecule has 5 nitrogen and oxygen atoms in total. The minimum atomic E-state index is -4.05. The predicted molar refractivity (Wildman–Crippen MR) is 76.9 cm³/mol.